The molecule has 4 heteroatoms. The lowest BCUT2D eigenvalue weighted by Gasteiger charge is -2.24. The van der Waals surface area contributed by atoms with Crippen LogP contribution in [0.15, 0.2) is 11.6 Å². The Balaban J connectivity index is 4.28. The van der Waals surface area contributed by atoms with Gasteiger partial charge in [0.2, 0.25) is 0 Å². The van der Waals surface area contributed by atoms with Crippen molar-refractivity contribution >= 4 is 5.97 Å². The first-order chi connectivity index (χ1) is 7.82. The molecule has 0 unspecified atom stereocenters. The lowest BCUT2D eigenvalue weighted by atomic mass is 10.2. The Morgan fingerprint density at radius 3 is 2.29 bits per heavy atom. The van der Waals surface area contributed by atoms with Gasteiger partial charge in [-0.3, -0.25) is 4.90 Å². The molecule has 0 saturated heterocycles. The van der Waals surface area contributed by atoms with Crippen LogP contribution >= 0.6 is 0 Å². The van der Waals surface area contributed by atoms with Gasteiger partial charge in [0.1, 0.15) is 0 Å². The summed E-state index contributed by atoms with van der Waals surface area (Å²) in [5.41, 5.74) is 0.420. The van der Waals surface area contributed by atoms with Gasteiger partial charge in [-0.05, 0) is 26.9 Å². The maximum Gasteiger partial charge on any atom is 0.330 e. The van der Waals surface area contributed by atoms with E-state index in [1.54, 1.807) is 13.0 Å². The molecular weight excluding hydrogens is 216 g/mol. The minimum absolute atomic E-state index is 0.420. The molecule has 0 saturated carbocycles. The van der Waals surface area contributed by atoms with Crippen molar-refractivity contribution in [2.75, 3.05) is 40.3 Å². The van der Waals surface area contributed by atoms with Crippen LogP contribution in [0.3, 0.4) is 0 Å². The topological polar surface area (TPSA) is 43.8 Å². The highest BCUT2D eigenvalue weighted by Gasteiger charge is 2.07. The quantitative estimate of drug-likeness (QED) is 0.656. The van der Waals surface area contributed by atoms with Gasteiger partial charge in [0, 0.05) is 31.8 Å². The summed E-state index contributed by atoms with van der Waals surface area (Å²) in [5.74, 6) is -0.238. The predicted octanol–water partition coefficient (Wildman–Crippen LogP) is 1.54. The second kappa shape index (κ2) is 8.25. The Labute approximate surface area is 105 Å². The number of hydrogen-bond donors (Lipinski definition) is 1. The van der Waals surface area contributed by atoms with Gasteiger partial charge < -0.3 is 10.0 Å². The van der Waals surface area contributed by atoms with Crippen LogP contribution in [0.1, 0.15) is 20.8 Å². The Bertz CT molecular complexity index is 260. The van der Waals surface area contributed by atoms with E-state index in [1.165, 1.54) is 0 Å². The summed E-state index contributed by atoms with van der Waals surface area (Å²) >= 11 is 0. The van der Waals surface area contributed by atoms with Gasteiger partial charge in [0.25, 0.3) is 0 Å². The van der Waals surface area contributed by atoms with Crippen LogP contribution < -0.4 is 0 Å². The Morgan fingerprint density at radius 2 is 1.88 bits per heavy atom. The number of likely N-dealkylation sites (N-methyl/N-ethyl adjacent to an activating group) is 1. The summed E-state index contributed by atoms with van der Waals surface area (Å²) < 4.78 is 0. The van der Waals surface area contributed by atoms with Crippen molar-refractivity contribution in [3.63, 3.8) is 0 Å². The molecule has 4 nitrogen and oxygen atoms in total. The minimum Gasteiger partial charge on any atom is -0.478 e. The number of carbonyl (C=O) groups is 1. The zero-order chi connectivity index (χ0) is 13.4. The van der Waals surface area contributed by atoms with Gasteiger partial charge in [-0.15, -0.1) is 0 Å². The number of rotatable bonds is 8. The molecule has 0 radical (unpaired) electrons. The Hall–Kier alpha value is -0.870. The van der Waals surface area contributed by atoms with Crippen molar-refractivity contribution < 1.29 is 9.90 Å². The molecule has 0 fully saturated rings. The third-order valence-electron chi connectivity index (χ3n) is 2.48. The molecule has 0 aliphatic heterocycles. The second-order valence-electron chi connectivity index (χ2n) is 5.15. The van der Waals surface area contributed by atoms with Gasteiger partial charge >= 0.3 is 5.97 Å². The summed E-state index contributed by atoms with van der Waals surface area (Å²) in [6.45, 7) is 9.66. The van der Waals surface area contributed by atoms with Crippen molar-refractivity contribution in [1.82, 2.24) is 9.80 Å². The molecule has 0 aliphatic carbocycles. The van der Waals surface area contributed by atoms with Crippen molar-refractivity contribution in [2.45, 2.75) is 20.8 Å². The fourth-order valence-electron chi connectivity index (χ4n) is 1.47. The van der Waals surface area contributed by atoms with E-state index in [1.807, 2.05) is 14.1 Å². The second-order valence-corrected chi connectivity index (χ2v) is 5.15. The largest absolute Gasteiger partial charge is 0.478 e. The third-order valence-corrected chi connectivity index (χ3v) is 2.48. The third kappa shape index (κ3) is 8.89. The Kier molecular flexibility index (Phi) is 7.83. The molecule has 17 heavy (non-hydrogen) atoms. The summed E-state index contributed by atoms with van der Waals surface area (Å²) in [4.78, 5) is 15.1. The van der Waals surface area contributed by atoms with Crippen LogP contribution in [0, 0.1) is 5.92 Å². The van der Waals surface area contributed by atoms with Crippen LogP contribution in [0.5, 0.6) is 0 Å². The molecule has 1 N–H and O–H groups in total. The molecule has 0 spiro atoms. The average molecular weight is 242 g/mol. The normalized spacial score (nSPS) is 12.8. The van der Waals surface area contributed by atoms with Gasteiger partial charge in [0.05, 0.1) is 0 Å². The number of carboxylic acid groups (broad SMARTS) is 1. The summed E-state index contributed by atoms with van der Waals surface area (Å²) in [6.07, 6.45) is 1.79. The van der Waals surface area contributed by atoms with Crippen molar-refractivity contribution in [2.24, 2.45) is 5.92 Å². The van der Waals surface area contributed by atoms with E-state index in [0.717, 1.165) is 19.6 Å². The molecule has 0 aromatic heterocycles. The van der Waals surface area contributed by atoms with Crippen LogP contribution in [-0.2, 0) is 4.79 Å². The van der Waals surface area contributed by atoms with Crippen LogP contribution in [0.4, 0.5) is 0 Å². The minimum atomic E-state index is -0.831. The van der Waals surface area contributed by atoms with Gasteiger partial charge in [-0.2, -0.15) is 0 Å². The van der Waals surface area contributed by atoms with E-state index in [9.17, 15) is 4.79 Å². The van der Waals surface area contributed by atoms with E-state index in [2.05, 4.69) is 23.6 Å². The van der Waals surface area contributed by atoms with Crippen LogP contribution in [-0.4, -0.2) is 61.2 Å². The van der Waals surface area contributed by atoms with Gasteiger partial charge in [-0.1, -0.05) is 19.9 Å². The number of carboxylic acids is 1. The molecule has 0 aromatic carbocycles. The molecule has 0 aromatic rings. The molecule has 0 amide bonds. The fraction of sp³-hybridized carbons (Fsp3) is 0.769. The maximum atomic E-state index is 10.7. The highest BCUT2D eigenvalue weighted by atomic mass is 16.4. The SMILES string of the molecule is CC(=CCN(CCN(C)C)CC(C)C)C(=O)O. The first-order valence-electron chi connectivity index (χ1n) is 6.10. The first-order valence-corrected chi connectivity index (χ1v) is 6.10. The highest BCUT2D eigenvalue weighted by Crippen LogP contribution is 2.01. The number of nitrogens with zero attached hydrogens (tertiary/aromatic N) is 2. The van der Waals surface area contributed by atoms with Crippen molar-refractivity contribution in [3.8, 4) is 0 Å². The molecular formula is C13H26N2O2. The predicted molar refractivity (Wildman–Crippen MR) is 71.2 cm³/mol. The summed E-state index contributed by atoms with van der Waals surface area (Å²) in [7, 11) is 4.10. The maximum absolute atomic E-state index is 10.7. The van der Waals surface area contributed by atoms with Gasteiger partial charge in [0.15, 0.2) is 0 Å². The molecule has 0 aliphatic rings. The van der Waals surface area contributed by atoms with Crippen molar-refractivity contribution in [3.05, 3.63) is 11.6 Å². The molecule has 0 bridgehead atoms. The zero-order valence-corrected chi connectivity index (χ0v) is 11.7. The summed E-state index contributed by atoms with van der Waals surface area (Å²) in [6, 6.07) is 0. The van der Waals surface area contributed by atoms with E-state index < -0.39 is 5.97 Å². The first kappa shape index (κ1) is 16.1. The van der Waals surface area contributed by atoms with Crippen molar-refractivity contribution in [1.29, 1.82) is 0 Å². The number of hydrogen-bond acceptors (Lipinski definition) is 3. The van der Waals surface area contributed by atoms with E-state index in [4.69, 9.17) is 5.11 Å². The standard InChI is InChI=1S/C13H26N2O2/c1-11(2)10-15(9-8-14(4)5)7-6-12(3)13(16)17/h6,11H,7-10H2,1-5H3,(H,16,17). The van der Waals surface area contributed by atoms with Crippen LogP contribution in [0.25, 0.3) is 0 Å². The smallest absolute Gasteiger partial charge is 0.330 e. The molecule has 0 heterocycles. The van der Waals surface area contributed by atoms with Crippen LogP contribution in [0.2, 0.25) is 0 Å². The summed E-state index contributed by atoms with van der Waals surface area (Å²) in [5, 5.41) is 8.80. The van der Waals surface area contributed by atoms with Gasteiger partial charge in [-0.25, -0.2) is 4.79 Å². The average Bonchev–Trinajstić information content (AvgIpc) is 2.20. The van der Waals surface area contributed by atoms with E-state index >= 15 is 0 Å². The lowest BCUT2D eigenvalue weighted by Crippen LogP contribution is -2.34. The zero-order valence-electron chi connectivity index (χ0n) is 11.7. The molecule has 0 atom stereocenters. The highest BCUT2D eigenvalue weighted by molar-refractivity contribution is 5.85. The van der Waals surface area contributed by atoms with E-state index in [-0.39, 0.29) is 0 Å². The Morgan fingerprint density at radius 1 is 1.29 bits per heavy atom. The van der Waals surface area contributed by atoms with E-state index in [0.29, 0.717) is 18.0 Å². The monoisotopic (exact) mass is 242 g/mol. The lowest BCUT2D eigenvalue weighted by molar-refractivity contribution is -0.132. The molecule has 100 valence electrons. The fourth-order valence-corrected chi connectivity index (χ4v) is 1.47. The molecule has 0 rings (SSSR count). The number of aliphatic carboxylic acids is 1.